The Morgan fingerprint density at radius 3 is 2.08 bits per heavy atom. The molecule has 2 saturated heterocycles. The van der Waals surface area contributed by atoms with Gasteiger partial charge in [0, 0.05) is 32.5 Å². The van der Waals surface area contributed by atoms with Crippen LogP contribution in [0.5, 0.6) is 0 Å². The third-order valence-electron chi connectivity index (χ3n) is 11.5. The SMILES string of the molecule is C=CCNC(=O)C(=O)C(CCC)NC(=O)[C@@H]1[C@@H](C(C)C)CCN1C(=O)[C@@H](NC(=O)N[C@H](CN1C(=O)CC(C)(C)CC1=O)C(C)(C)C)C1(C)CCCCC1. The van der Waals surface area contributed by atoms with Crippen LogP contribution in [0.4, 0.5) is 4.79 Å². The number of rotatable bonds is 15. The molecule has 1 aliphatic carbocycles. The topological polar surface area (TPSA) is 174 Å². The number of nitrogens with one attached hydrogen (secondary N) is 4. The molecule has 0 aromatic rings. The number of likely N-dealkylation sites (tertiary alicyclic amines) is 2. The summed E-state index contributed by atoms with van der Waals surface area (Å²) in [5.74, 6) is -3.17. The number of carbonyl (C=O) groups is 7. The first-order valence-corrected chi connectivity index (χ1v) is 19.6. The van der Waals surface area contributed by atoms with E-state index in [0.29, 0.717) is 32.2 Å². The fourth-order valence-corrected chi connectivity index (χ4v) is 8.13. The van der Waals surface area contributed by atoms with Crippen molar-refractivity contribution >= 4 is 41.4 Å². The zero-order chi connectivity index (χ0) is 39.9. The molecule has 7 amide bonds. The maximum Gasteiger partial charge on any atom is 0.315 e. The Hall–Kier alpha value is -3.77. The van der Waals surface area contributed by atoms with Gasteiger partial charge in [0.15, 0.2) is 0 Å². The highest BCUT2D eigenvalue weighted by Crippen LogP contribution is 2.41. The van der Waals surface area contributed by atoms with E-state index in [4.69, 9.17) is 0 Å². The zero-order valence-electron chi connectivity index (χ0n) is 33.7. The minimum Gasteiger partial charge on any atom is -0.346 e. The van der Waals surface area contributed by atoms with Gasteiger partial charge in [-0.3, -0.25) is 33.7 Å². The predicted octanol–water partition coefficient (Wildman–Crippen LogP) is 4.24. The Morgan fingerprint density at radius 1 is 0.943 bits per heavy atom. The van der Waals surface area contributed by atoms with Crippen LogP contribution in [-0.2, 0) is 28.8 Å². The smallest absolute Gasteiger partial charge is 0.315 e. The van der Waals surface area contributed by atoms with Gasteiger partial charge < -0.3 is 26.2 Å². The molecular weight excluding hydrogens is 676 g/mol. The summed E-state index contributed by atoms with van der Waals surface area (Å²) in [6.45, 7) is 21.4. The standard InChI is InChI=1S/C40H66N6O7/c1-11-16-27(32(49)35(51)41-20-12-2)42-34(50)31-26(25(3)4)17-21-45(31)36(52)33(40(10)18-14-13-15-19-40)44-37(53)43-28(38(5,6)7)24-46-29(47)22-39(8,9)23-30(46)48/h12,25-28,31,33H,2,11,13-24H2,1,3-10H3,(H,41,51)(H,42,50)(H2,43,44,53)/t26-,27?,28-,31+,33-/m1/s1. The number of amides is 7. The van der Waals surface area contributed by atoms with Crippen LogP contribution in [-0.4, -0.2) is 95.0 Å². The highest BCUT2D eigenvalue weighted by atomic mass is 16.2. The molecule has 53 heavy (non-hydrogen) atoms. The molecule has 13 heteroatoms. The van der Waals surface area contributed by atoms with Crippen LogP contribution in [0.2, 0.25) is 0 Å². The maximum atomic E-state index is 14.9. The highest BCUT2D eigenvalue weighted by Gasteiger charge is 2.50. The minimum atomic E-state index is -1.06. The fourth-order valence-electron chi connectivity index (χ4n) is 8.13. The van der Waals surface area contributed by atoms with Crippen molar-refractivity contribution in [3.8, 4) is 0 Å². The summed E-state index contributed by atoms with van der Waals surface area (Å²) in [5.41, 5.74) is -1.58. The van der Waals surface area contributed by atoms with E-state index in [9.17, 15) is 33.6 Å². The quantitative estimate of drug-likeness (QED) is 0.110. The summed E-state index contributed by atoms with van der Waals surface area (Å²) in [6, 6.07) is -4.14. The van der Waals surface area contributed by atoms with Gasteiger partial charge in [-0.1, -0.05) is 94.1 Å². The fraction of sp³-hybridized carbons (Fsp3) is 0.775. The van der Waals surface area contributed by atoms with Crippen LogP contribution in [0.15, 0.2) is 12.7 Å². The Morgan fingerprint density at radius 2 is 1.55 bits per heavy atom. The lowest BCUT2D eigenvalue weighted by molar-refractivity contribution is -0.153. The zero-order valence-corrected chi connectivity index (χ0v) is 33.7. The summed E-state index contributed by atoms with van der Waals surface area (Å²) in [7, 11) is 0. The Bertz CT molecular complexity index is 1380. The monoisotopic (exact) mass is 742 g/mol. The molecule has 0 radical (unpaired) electrons. The highest BCUT2D eigenvalue weighted by molar-refractivity contribution is 6.38. The molecule has 3 aliphatic rings. The molecular formula is C40H66N6O7. The first kappa shape index (κ1) is 43.6. The summed E-state index contributed by atoms with van der Waals surface area (Å²) >= 11 is 0. The van der Waals surface area contributed by atoms with Crippen molar-refractivity contribution in [2.75, 3.05) is 19.6 Å². The number of Topliss-reactive ketones (excluding diaryl/α,β-unsaturated/α-hetero) is 1. The summed E-state index contributed by atoms with van der Waals surface area (Å²) in [6.07, 6.45) is 7.46. The second-order valence-electron chi connectivity index (χ2n) is 18.0. The first-order valence-electron chi connectivity index (χ1n) is 19.6. The molecule has 0 bridgehead atoms. The molecule has 13 nitrogen and oxygen atoms in total. The van der Waals surface area contributed by atoms with E-state index < -0.39 is 64.0 Å². The van der Waals surface area contributed by atoms with Gasteiger partial charge in [0.25, 0.3) is 5.91 Å². The molecule has 5 atom stereocenters. The van der Waals surface area contributed by atoms with Gasteiger partial charge >= 0.3 is 6.03 Å². The summed E-state index contributed by atoms with van der Waals surface area (Å²) in [5, 5.41) is 11.3. The number of carbonyl (C=O) groups excluding carboxylic acids is 7. The number of urea groups is 1. The number of ketones is 1. The molecule has 3 fully saturated rings. The van der Waals surface area contributed by atoms with E-state index in [2.05, 4.69) is 27.8 Å². The van der Waals surface area contributed by atoms with Crippen LogP contribution in [0.25, 0.3) is 0 Å². The van der Waals surface area contributed by atoms with Gasteiger partial charge in [-0.15, -0.1) is 6.58 Å². The molecule has 2 aliphatic heterocycles. The number of hydrogen-bond acceptors (Lipinski definition) is 7. The molecule has 1 unspecified atom stereocenters. The average molecular weight is 743 g/mol. The summed E-state index contributed by atoms with van der Waals surface area (Å²) in [4.78, 5) is 97.6. The van der Waals surface area contributed by atoms with Gasteiger partial charge in [0.1, 0.15) is 12.1 Å². The molecule has 4 N–H and O–H groups in total. The van der Waals surface area contributed by atoms with Crippen molar-refractivity contribution in [2.45, 2.75) is 151 Å². The van der Waals surface area contributed by atoms with Crippen molar-refractivity contribution in [3.05, 3.63) is 12.7 Å². The third-order valence-corrected chi connectivity index (χ3v) is 11.5. The van der Waals surface area contributed by atoms with E-state index in [-0.39, 0.29) is 61.9 Å². The van der Waals surface area contributed by atoms with E-state index in [0.717, 1.165) is 19.3 Å². The van der Waals surface area contributed by atoms with Crippen molar-refractivity contribution in [1.29, 1.82) is 0 Å². The minimum absolute atomic E-state index is 0.00818. The lowest BCUT2D eigenvalue weighted by atomic mass is 9.70. The Labute approximate surface area is 316 Å². The second-order valence-corrected chi connectivity index (χ2v) is 18.0. The van der Waals surface area contributed by atoms with Crippen LogP contribution >= 0.6 is 0 Å². The Kier molecular flexibility index (Phi) is 14.8. The van der Waals surface area contributed by atoms with Crippen molar-refractivity contribution in [1.82, 2.24) is 31.1 Å². The lowest BCUT2D eigenvalue weighted by Gasteiger charge is -2.43. The lowest BCUT2D eigenvalue weighted by Crippen LogP contribution is -2.63. The molecule has 298 valence electrons. The number of imide groups is 1. The van der Waals surface area contributed by atoms with Crippen LogP contribution in [0, 0.1) is 28.1 Å². The number of nitrogens with zero attached hydrogens (tertiary/aromatic N) is 2. The van der Waals surface area contributed by atoms with E-state index >= 15 is 0 Å². The van der Waals surface area contributed by atoms with E-state index in [1.165, 1.54) is 11.0 Å². The average Bonchev–Trinajstić information content (AvgIpc) is 3.52. The predicted molar refractivity (Wildman–Crippen MR) is 203 cm³/mol. The van der Waals surface area contributed by atoms with E-state index in [1.54, 1.807) is 4.90 Å². The second kappa shape index (κ2) is 18.0. The molecule has 0 aromatic carbocycles. The van der Waals surface area contributed by atoms with Gasteiger partial charge in [0.2, 0.25) is 29.4 Å². The van der Waals surface area contributed by atoms with Crippen LogP contribution < -0.4 is 21.3 Å². The Balaban J connectivity index is 1.91. The molecule has 3 rings (SSSR count). The third kappa shape index (κ3) is 11.1. The molecule has 0 spiro atoms. The number of piperidine rings is 1. The van der Waals surface area contributed by atoms with Crippen LogP contribution in [0.1, 0.15) is 127 Å². The normalized spacial score (nSPS) is 23.1. The van der Waals surface area contributed by atoms with Gasteiger partial charge in [-0.25, -0.2) is 4.79 Å². The van der Waals surface area contributed by atoms with Crippen molar-refractivity contribution in [3.63, 3.8) is 0 Å². The first-order chi connectivity index (χ1) is 24.7. The maximum absolute atomic E-state index is 14.9. The summed E-state index contributed by atoms with van der Waals surface area (Å²) < 4.78 is 0. The number of hydrogen-bond donors (Lipinski definition) is 4. The van der Waals surface area contributed by atoms with Gasteiger partial charge in [0.05, 0.1) is 12.1 Å². The van der Waals surface area contributed by atoms with Crippen molar-refractivity contribution in [2.24, 2.45) is 28.1 Å². The molecule has 2 heterocycles. The van der Waals surface area contributed by atoms with Gasteiger partial charge in [-0.2, -0.15) is 0 Å². The van der Waals surface area contributed by atoms with E-state index in [1.807, 2.05) is 62.3 Å². The van der Waals surface area contributed by atoms with Crippen molar-refractivity contribution < 1.29 is 33.6 Å². The largest absolute Gasteiger partial charge is 0.346 e. The molecule has 0 aromatic heterocycles. The van der Waals surface area contributed by atoms with Gasteiger partial charge in [-0.05, 0) is 53.8 Å². The molecule has 1 saturated carbocycles. The van der Waals surface area contributed by atoms with Crippen LogP contribution in [0.3, 0.4) is 0 Å².